The molecule has 0 radical (unpaired) electrons. The molecule has 0 saturated heterocycles. The number of nitrogens with one attached hydrogen (secondary N) is 1. The Morgan fingerprint density at radius 1 is 1.29 bits per heavy atom. The lowest BCUT2D eigenvalue weighted by Gasteiger charge is -2.22. The van der Waals surface area contributed by atoms with Crippen LogP contribution in [0, 0.1) is 0 Å². The highest BCUT2D eigenvalue weighted by Gasteiger charge is 2.30. The highest BCUT2D eigenvalue weighted by atomic mass is 19.4. The number of halogens is 3. The smallest absolute Gasteiger partial charge is 0.322 e. The van der Waals surface area contributed by atoms with Gasteiger partial charge in [-0.1, -0.05) is 13.3 Å². The van der Waals surface area contributed by atoms with Crippen LogP contribution in [0.5, 0.6) is 0 Å². The summed E-state index contributed by atoms with van der Waals surface area (Å²) in [5, 5.41) is 6.70. The Balaban J connectivity index is 2.12. The van der Waals surface area contributed by atoms with Gasteiger partial charge in [0.1, 0.15) is 0 Å². The molecule has 0 spiro atoms. The second-order valence-corrected chi connectivity index (χ2v) is 5.84. The standard InChI is InChI=1S/C16H19F3N4O/c1-3-8-15(2,20)14(24)22-12-9-21-23(10-12)13-6-4-11(5-7-13)16(17,18)19/h4-7,9-10H,3,8,20H2,1-2H3,(H,22,24). The molecule has 0 aliphatic heterocycles. The van der Waals surface area contributed by atoms with Crippen molar-refractivity contribution in [2.75, 3.05) is 5.32 Å². The van der Waals surface area contributed by atoms with Crippen molar-refractivity contribution in [3.63, 3.8) is 0 Å². The molecule has 3 N–H and O–H groups in total. The molecule has 0 bridgehead atoms. The molecule has 8 heteroatoms. The quantitative estimate of drug-likeness (QED) is 0.877. The van der Waals surface area contributed by atoms with Gasteiger partial charge < -0.3 is 11.1 Å². The fourth-order valence-corrected chi connectivity index (χ4v) is 2.24. The minimum absolute atomic E-state index is 0.337. The van der Waals surface area contributed by atoms with E-state index in [0.29, 0.717) is 17.8 Å². The first-order valence-corrected chi connectivity index (χ1v) is 7.46. The van der Waals surface area contributed by atoms with Gasteiger partial charge in [-0.15, -0.1) is 0 Å². The number of nitrogens with zero attached hydrogens (tertiary/aromatic N) is 2. The summed E-state index contributed by atoms with van der Waals surface area (Å²) in [6.07, 6.45) is -0.149. The lowest BCUT2D eigenvalue weighted by Crippen LogP contribution is -2.48. The largest absolute Gasteiger partial charge is 0.416 e. The molecule has 1 atom stereocenters. The van der Waals surface area contributed by atoms with Crippen molar-refractivity contribution in [3.05, 3.63) is 42.2 Å². The van der Waals surface area contributed by atoms with Crippen molar-refractivity contribution >= 4 is 11.6 Å². The van der Waals surface area contributed by atoms with E-state index in [1.54, 1.807) is 6.92 Å². The number of nitrogens with two attached hydrogens (primary N) is 1. The Bertz CT molecular complexity index is 705. The third-order valence-electron chi connectivity index (χ3n) is 3.59. The fourth-order valence-electron chi connectivity index (χ4n) is 2.24. The van der Waals surface area contributed by atoms with Crippen LogP contribution in [0.15, 0.2) is 36.7 Å². The summed E-state index contributed by atoms with van der Waals surface area (Å²) in [6.45, 7) is 3.58. The van der Waals surface area contributed by atoms with Crippen LogP contribution in [0.1, 0.15) is 32.3 Å². The zero-order valence-electron chi connectivity index (χ0n) is 13.4. The number of carbonyl (C=O) groups is 1. The minimum Gasteiger partial charge on any atom is -0.322 e. The number of hydrogen-bond acceptors (Lipinski definition) is 3. The Kier molecular flexibility index (Phi) is 4.98. The van der Waals surface area contributed by atoms with Gasteiger partial charge in [0.05, 0.1) is 34.9 Å². The van der Waals surface area contributed by atoms with E-state index < -0.39 is 17.3 Å². The van der Waals surface area contributed by atoms with Gasteiger partial charge in [0.25, 0.3) is 0 Å². The predicted octanol–water partition coefficient (Wildman–Crippen LogP) is 3.35. The number of anilines is 1. The molecule has 0 fully saturated rings. The first-order valence-electron chi connectivity index (χ1n) is 7.46. The van der Waals surface area contributed by atoms with E-state index in [1.165, 1.54) is 29.2 Å². The van der Waals surface area contributed by atoms with Gasteiger partial charge in [0, 0.05) is 0 Å². The molecule has 1 heterocycles. The summed E-state index contributed by atoms with van der Waals surface area (Å²) >= 11 is 0. The zero-order valence-corrected chi connectivity index (χ0v) is 13.4. The van der Waals surface area contributed by atoms with E-state index in [1.807, 2.05) is 6.92 Å². The summed E-state index contributed by atoms with van der Waals surface area (Å²) in [5.41, 5.74) is 5.10. The summed E-state index contributed by atoms with van der Waals surface area (Å²) in [7, 11) is 0. The third-order valence-corrected chi connectivity index (χ3v) is 3.59. The summed E-state index contributed by atoms with van der Waals surface area (Å²) in [4.78, 5) is 12.1. The zero-order chi connectivity index (χ0) is 18.0. The first kappa shape index (κ1) is 18.0. The number of rotatable bonds is 5. The molecule has 1 unspecified atom stereocenters. The van der Waals surface area contributed by atoms with E-state index in [2.05, 4.69) is 10.4 Å². The van der Waals surface area contributed by atoms with Crippen LogP contribution in [-0.2, 0) is 11.0 Å². The molecular weight excluding hydrogens is 321 g/mol. The molecule has 0 saturated carbocycles. The number of hydrogen-bond donors (Lipinski definition) is 2. The fraction of sp³-hybridized carbons (Fsp3) is 0.375. The van der Waals surface area contributed by atoms with E-state index in [-0.39, 0.29) is 5.91 Å². The van der Waals surface area contributed by atoms with Gasteiger partial charge in [-0.05, 0) is 37.6 Å². The Morgan fingerprint density at radius 3 is 2.46 bits per heavy atom. The maximum absolute atomic E-state index is 12.6. The topological polar surface area (TPSA) is 72.9 Å². The highest BCUT2D eigenvalue weighted by molar-refractivity contribution is 5.97. The highest BCUT2D eigenvalue weighted by Crippen LogP contribution is 2.29. The molecule has 0 aliphatic carbocycles. The second kappa shape index (κ2) is 6.64. The Labute approximate surface area is 137 Å². The molecular formula is C16H19F3N4O. The van der Waals surface area contributed by atoms with E-state index in [4.69, 9.17) is 5.73 Å². The average molecular weight is 340 g/mol. The monoisotopic (exact) mass is 340 g/mol. The van der Waals surface area contributed by atoms with Crippen molar-refractivity contribution in [1.82, 2.24) is 9.78 Å². The normalized spacial score (nSPS) is 14.2. The van der Waals surface area contributed by atoms with Gasteiger partial charge in [0.2, 0.25) is 5.91 Å². The van der Waals surface area contributed by atoms with Gasteiger partial charge in [-0.2, -0.15) is 18.3 Å². The summed E-state index contributed by atoms with van der Waals surface area (Å²) in [6, 6.07) is 4.58. The molecule has 2 aromatic rings. The molecule has 24 heavy (non-hydrogen) atoms. The minimum atomic E-state index is -4.38. The van der Waals surface area contributed by atoms with E-state index in [0.717, 1.165) is 18.6 Å². The van der Waals surface area contributed by atoms with Gasteiger partial charge in [-0.25, -0.2) is 4.68 Å². The molecule has 5 nitrogen and oxygen atoms in total. The van der Waals surface area contributed by atoms with Crippen LogP contribution in [0.2, 0.25) is 0 Å². The molecule has 2 rings (SSSR count). The van der Waals surface area contributed by atoms with Crippen LogP contribution < -0.4 is 11.1 Å². The Morgan fingerprint density at radius 2 is 1.92 bits per heavy atom. The van der Waals surface area contributed by atoms with E-state index in [9.17, 15) is 18.0 Å². The van der Waals surface area contributed by atoms with Crippen molar-refractivity contribution in [3.8, 4) is 5.69 Å². The number of benzene rings is 1. The summed E-state index contributed by atoms with van der Waals surface area (Å²) < 4.78 is 39.1. The van der Waals surface area contributed by atoms with Gasteiger partial charge in [0.15, 0.2) is 0 Å². The number of carbonyl (C=O) groups excluding carboxylic acids is 1. The van der Waals surface area contributed by atoms with Crippen LogP contribution in [0.3, 0.4) is 0 Å². The molecule has 1 amide bonds. The third kappa shape index (κ3) is 4.14. The lowest BCUT2D eigenvalue weighted by atomic mass is 9.96. The maximum atomic E-state index is 12.6. The number of amides is 1. The van der Waals surface area contributed by atoms with Crippen LogP contribution in [0.4, 0.5) is 18.9 Å². The number of aromatic nitrogens is 2. The van der Waals surface area contributed by atoms with Gasteiger partial charge in [-0.3, -0.25) is 4.79 Å². The maximum Gasteiger partial charge on any atom is 0.416 e. The van der Waals surface area contributed by atoms with Crippen molar-refractivity contribution in [2.24, 2.45) is 5.73 Å². The van der Waals surface area contributed by atoms with Crippen LogP contribution in [0.25, 0.3) is 5.69 Å². The first-order chi connectivity index (χ1) is 11.1. The SMILES string of the molecule is CCCC(C)(N)C(=O)Nc1cnn(-c2ccc(C(F)(F)F)cc2)c1. The van der Waals surface area contributed by atoms with E-state index >= 15 is 0 Å². The van der Waals surface area contributed by atoms with Crippen LogP contribution in [-0.4, -0.2) is 21.2 Å². The molecule has 1 aromatic carbocycles. The summed E-state index contributed by atoms with van der Waals surface area (Å²) in [5.74, 6) is -0.337. The van der Waals surface area contributed by atoms with Crippen molar-refractivity contribution in [2.45, 2.75) is 38.4 Å². The molecule has 1 aromatic heterocycles. The lowest BCUT2D eigenvalue weighted by molar-refractivity contribution is -0.137. The second-order valence-electron chi connectivity index (χ2n) is 5.84. The van der Waals surface area contributed by atoms with Crippen LogP contribution >= 0.6 is 0 Å². The van der Waals surface area contributed by atoms with Crippen molar-refractivity contribution in [1.29, 1.82) is 0 Å². The van der Waals surface area contributed by atoms with Crippen molar-refractivity contribution < 1.29 is 18.0 Å². The predicted molar refractivity (Wildman–Crippen MR) is 84.7 cm³/mol. The number of alkyl halides is 3. The average Bonchev–Trinajstić information content (AvgIpc) is 2.95. The molecule has 0 aliphatic rings. The van der Waals surface area contributed by atoms with Gasteiger partial charge >= 0.3 is 6.18 Å². The molecule has 130 valence electrons. The Hall–Kier alpha value is -2.35.